The third kappa shape index (κ3) is 2.98. The summed E-state index contributed by atoms with van der Waals surface area (Å²) in [6, 6.07) is 0. The first-order chi connectivity index (χ1) is 6.09. The molecule has 7 heteroatoms. The maximum Gasteiger partial charge on any atom is 0.255 e. The highest BCUT2D eigenvalue weighted by Crippen LogP contribution is 2.15. The van der Waals surface area contributed by atoms with E-state index in [0.717, 1.165) is 0 Å². The molecule has 1 rings (SSSR count). The van der Waals surface area contributed by atoms with Crippen LogP contribution in [-0.2, 0) is 0 Å². The molecule has 0 aliphatic rings. The zero-order chi connectivity index (χ0) is 9.84. The third-order valence-electron chi connectivity index (χ3n) is 1.21. The van der Waals surface area contributed by atoms with E-state index in [1.54, 1.807) is 0 Å². The van der Waals surface area contributed by atoms with Crippen LogP contribution in [0.5, 0.6) is 0 Å². The molecule has 0 aliphatic heterocycles. The Balaban J connectivity index is 2.70. The van der Waals surface area contributed by atoms with Gasteiger partial charge >= 0.3 is 0 Å². The number of hydrogen-bond donors (Lipinski definition) is 2. The summed E-state index contributed by atoms with van der Waals surface area (Å²) in [6.45, 7) is -0.516. The van der Waals surface area contributed by atoms with Gasteiger partial charge in [0.05, 0.1) is 18.4 Å². The molecule has 0 unspecified atom stereocenters. The van der Waals surface area contributed by atoms with Gasteiger partial charge in [0.2, 0.25) is 5.28 Å². The molecule has 0 radical (unpaired) electrons. The minimum Gasteiger partial charge on any atom is -0.394 e. The van der Waals surface area contributed by atoms with Gasteiger partial charge in [-0.3, -0.25) is 0 Å². The molecule has 0 amide bonds. The number of nitrogens with zero attached hydrogens (tertiary/aromatic N) is 2. The molecule has 0 bridgehead atoms. The van der Waals surface area contributed by atoms with Crippen molar-refractivity contribution in [1.29, 1.82) is 0 Å². The fourth-order valence-electron chi connectivity index (χ4n) is 0.685. The molecule has 1 aromatic heterocycles. The van der Waals surface area contributed by atoms with Crippen molar-refractivity contribution < 1.29 is 8.78 Å². The van der Waals surface area contributed by atoms with Gasteiger partial charge in [0.25, 0.3) is 6.43 Å². The van der Waals surface area contributed by atoms with E-state index in [-0.39, 0.29) is 16.8 Å². The highest BCUT2D eigenvalue weighted by atomic mass is 35.5. The van der Waals surface area contributed by atoms with Gasteiger partial charge in [0.15, 0.2) is 5.82 Å². The summed E-state index contributed by atoms with van der Waals surface area (Å²) in [7, 11) is 0. The largest absolute Gasteiger partial charge is 0.394 e. The summed E-state index contributed by atoms with van der Waals surface area (Å²) < 4.78 is 23.5. The molecule has 1 aromatic rings. The zero-order valence-electron chi connectivity index (χ0n) is 6.47. The predicted octanol–water partition coefficient (Wildman–Crippen LogP) is 1.39. The maximum absolute atomic E-state index is 11.8. The van der Waals surface area contributed by atoms with Crippen molar-refractivity contribution in [1.82, 2.24) is 9.97 Å². The minimum absolute atomic E-state index is 0.0361. The number of halogens is 3. The molecular formula is C6H7ClF2N4. The highest BCUT2D eigenvalue weighted by molar-refractivity contribution is 6.28. The molecular weight excluding hydrogens is 202 g/mol. The summed E-state index contributed by atoms with van der Waals surface area (Å²) in [5.74, 6) is 0.125. The van der Waals surface area contributed by atoms with Crippen molar-refractivity contribution in [2.45, 2.75) is 6.43 Å². The quantitative estimate of drug-likeness (QED) is 0.737. The molecule has 1 heterocycles. The number of anilines is 2. The van der Waals surface area contributed by atoms with Crippen LogP contribution in [0.4, 0.5) is 20.3 Å². The average molecular weight is 209 g/mol. The smallest absolute Gasteiger partial charge is 0.255 e. The van der Waals surface area contributed by atoms with E-state index >= 15 is 0 Å². The van der Waals surface area contributed by atoms with Gasteiger partial charge in [-0.15, -0.1) is 0 Å². The van der Waals surface area contributed by atoms with E-state index in [1.165, 1.54) is 6.20 Å². The van der Waals surface area contributed by atoms with Crippen LogP contribution < -0.4 is 11.1 Å². The van der Waals surface area contributed by atoms with E-state index in [4.69, 9.17) is 17.3 Å². The number of aromatic nitrogens is 2. The Morgan fingerprint density at radius 1 is 1.62 bits per heavy atom. The van der Waals surface area contributed by atoms with Gasteiger partial charge < -0.3 is 11.1 Å². The average Bonchev–Trinajstić information content (AvgIpc) is 2.06. The maximum atomic E-state index is 11.8. The van der Waals surface area contributed by atoms with Gasteiger partial charge in [-0.2, -0.15) is 4.98 Å². The van der Waals surface area contributed by atoms with Gasteiger partial charge in [-0.05, 0) is 11.6 Å². The molecule has 0 spiro atoms. The number of rotatable bonds is 3. The van der Waals surface area contributed by atoms with Crippen molar-refractivity contribution in [2.75, 3.05) is 17.6 Å². The van der Waals surface area contributed by atoms with Gasteiger partial charge in [0.1, 0.15) is 0 Å². The summed E-state index contributed by atoms with van der Waals surface area (Å²) in [6.07, 6.45) is -1.21. The Hall–Kier alpha value is -1.17. The standard InChI is InChI=1S/C6H7ClF2N4/c7-6-12-1-3(10)5(13-6)11-2-4(8)9/h1,4H,2,10H2,(H,11,12,13). The number of nitrogen functional groups attached to an aromatic ring is 1. The van der Waals surface area contributed by atoms with E-state index in [9.17, 15) is 8.78 Å². The van der Waals surface area contributed by atoms with Crippen molar-refractivity contribution in [3.8, 4) is 0 Å². The Bertz CT molecular complexity index is 294. The predicted molar refractivity (Wildman–Crippen MR) is 45.9 cm³/mol. The summed E-state index contributed by atoms with van der Waals surface area (Å²) >= 11 is 5.43. The monoisotopic (exact) mass is 208 g/mol. The van der Waals surface area contributed by atoms with E-state index in [0.29, 0.717) is 0 Å². The van der Waals surface area contributed by atoms with Crippen molar-refractivity contribution in [3.05, 3.63) is 11.5 Å². The molecule has 0 fully saturated rings. The van der Waals surface area contributed by atoms with Crippen LogP contribution in [0.15, 0.2) is 6.20 Å². The molecule has 3 N–H and O–H groups in total. The Kier molecular flexibility index (Phi) is 3.18. The van der Waals surface area contributed by atoms with Crippen LogP contribution in [-0.4, -0.2) is 22.9 Å². The number of alkyl halides is 2. The fourth-order valence-corrected chi connectivity index (χ4v) is 0.818. The lowest BCUT2D eigenvalue weighted by atomic mass is 10.5. The van der Waals surface area contributed by atoms with Crippen LogP contribution >= 0.6 is 11.6 Å². The lowest BCUT2D eigenvalue weighted by molar-refractivity contribution is 0.163. The Morgan fingerprint density at radius 3 is 2.92 bits per heavy atom. The lowest BCUT2D eigenvalue weighted by Gasteiger charge is -2.06. The van der Waals surface area contributed by atoms with Crippen molar-refractivity contribution in [3.63, 3.8) is 0 Å². The fraction of sp³-hybridized carbons (Fsp3) is 0.333. The second kappa shape index (κ2) is 4.18. The first-order valence-electron chi connectivity index (χ1n) is 3.39. The first-order valence-corrected chi connectivity index (χ1v) is 3.77. The normalized spacial score (nSPS) is 10.5. The van der Waals surface area contributed by atoms with E-state index < -0.39 is 13.0 Å². The highest BCUT2D eigenvalue weighted by Gasteiger charge is 2.06. The molecule has 4 nitrogen and oxygen atoms in total. The van der Waals surface area contributed by atoms with Crippen molar-refractivity contribution >= 4 is 23.1 Å². The SMILES string of the molecule is Nc1cnc(Cl)nc1NCC(F)F. The molecule has 0 aliphatic carbocycles. The van der Waals surface area contributed by atoms with E-state index in [2.05, 4.69) is 15.3 Å². The second-order valence-electron chi connectivity index (χ2n) is 2.21. The third-order valence-corrected chi connectivity index (χ3v) is 1.39. The van der Waals surface area contributed by atoms with Crippen LogP contribution in [0.1, 0.15) is 0 Å². The summed E-state index contributed by atoms with van der Waals surface area (Å²) in [5.41, 5.74) is 5.57. The molecule has 0 saturated carbocycles. The molecule has 0 saturated heterocycles. The number of nitrogens with two attached hydrogens (primary N) is 1. The number of hydrogen-bond acceptors (Lipinski definition) is 4. The van der Waals surface area contributed by atoms with Crippen LogP contribution in [0, 0.1) is 0 Å². The zero-order valence-corrected chi connectivity index (χ0v) is 7.22. The first kappa shape index (κ1) is 9.91. The summed E-state index contributed by atoms with van der Waals surface area (Å²) in [4.78, 5) is 7.20. The number of nitrogens with one attached hydrogen (secondary N) is 1. The Labute approximate surface area is 78.1 Å². The van der Waals surface area contributed by atoms with Crippen LogP contribution in [0.3, 0.4) is 0 Å². The van der Waals surface area contributed by atoms with Gasteiger partial charge in [-0.25, -0.2) is 13.8 Å². The second-order valence-corrected chi connectivity index (χ2v) is 2.55. The Morgan fingerprint density at radius 2 is 2.31 bits per heavy atom. The topological polar surface area (TPSA) is 63.8 Å². The van der Waals surface area contributed by atoms with Crippen LogP contribution in [0.2, 0.25) is 5.28 Å². The molecule has 0 atom stereocenters. The lowest BCUT2D eigenvalue weighted by Crippen LogP contribution is -2.13. The summed E-state index contributed by atoms with van der Waals surface area (Å²) in [5, 5.41) is 2.31. The van der Waals surface area contributed by atoms with Gasteiger partial charge in [-0.1, -0.05) is 0 Å². The molecule has 72 valence electrons. The minimum atomic E-state index is -2.46. The van der Waals surface area contributed by atoms with Crippen LogP contribution in [0.25, 0.3) is 0 Å². The molecule has 13 heavy (non-hydrogen) atoms. The van der Waals surface area contributed by atoms with Gasteiger partial charge in [0, 0.05) is 0 Å². The van der Waals surface area contributed by atoms with Crippen molar-refractivity contribution in [2.24, 2.45) is 0 Å². The molecule has 0 aromatic carbocycles. The van der Waals surface area contributed by atoms with E-state index in [1.807, 2.05) is 0 Å².